The molecule has 2 aromatic carbocycles. The van der Waals surface area contributed by atoms with Crippen molar-refractivity contribution in [2.24, 2.45) is 0 Å². The van der Waals surface area contributed by atoms with Gasteiger partial charge in [0.15, 0.2) is 6.29 Å². The van der Waals surface area contributed by atoms with E-state index in [4.69, 9.17) is 9.47 Å². The van der Waals surface area contributed by atoms with E-state index in [0.717, 1.165) is 55.6 Å². The van der Waals surface area contributed by atoms with Crippen molar-refractivity contribution in [2.45, 2.75) is 60.0 Å². The number of nitrogens with one attached hydrogen (secondary N) is 1. The van der Waals surface area contributed by atoms with E-state index >= 15 is 0 Å². The highest BCUT2D eigenvalue weighted by atomic mass is 16.5. The molecule has 7 heteroatoms. The van der Waals surface area contributed by atoms with E-state index in [9.17, 15) is 9.59 Å². The van der Waals surface area contributed by atoms with E-state index in [1.807, 2.05) is 45.9 Å². The Hall–Kier alpha value is -3.71. The average Bonchev–Trinajstić information content (AvgIpc) is 2.92. The highest BCUT2D eigenvalue weighted by molar-refractivity contribution is 5.94. The van der Waals surface area contributed by atoms with Crippen LogP contribution in [0.15, 0.2) is 54.9 Å². The number of aromatic nitrogens is 1. The molecule has 3 aromatic rings. The Kier molecular flexibility index (Phi) is 11.5. The lowest BCUT2D eigenvalue weighted by atomic mass is 10.0. The van der Waals surface area contributed by atoms with Crippen LogP contribution in [-0.4, -0.2) is 54.4 Å². The van der Waals surface area contributed by atoms with Gasteiger partial charge in [-0.2, -0.15) is 0 Å². The van der Waals surface area contributed by atoms with Gasteiger partial charge in [-0.05, 0) is 94.0 Å². The zero-order valence-corrected chi connectivity index (χ0v) is 23.8. The van der Waals surface area contributed by atoms with Crippen molar-refractivity contribution in [3.05, 3.63) is 88.2 Å². The Morgan fingerprint density at radius 3 is 2.33 bits per heavy atom. The molecule has 7 nitrogen and oxygen atoms in total. The summed E-state index contributed by atoms with van der Waals surface area (Å²) in [6, 6.07) is 14.1. The first-order chi connectivity index (χ1) is 18.8. The van der Waals surface area contributed by atoms with E-state index in [-0.39, 0.29) is 11.9 Å². The number of hydrogen-bond acceptors (Lipinski definition) is 6. The quantitative estimate of drug-likeness (QED) is 0.357. The van der Waals surface area contributed by atoms with Gasteiger partial charge in [0.05, 0.1) is 24.3 Å². The molecular formula is C32H41N3O4. The number of hydrogen-bond donors (Lipinski definition) is 1. The second kappa shape index (κ2) is 15.0. The highest BCUT2D eigenvalue weighted by Gasteiger charge is 2.21. The Morgan fingerprint density at radius 2 is 1.67 bits per heavy atom. The van der Waals surface area contributed by atoms with Crippen LogP contribution in [-0.2, 0) is 6.54 Å². The molecule has 0 bridgehead atoms. The Morgan fingerprint density at radius 1 is 0.949 bits per heavy atom. The first-order valence-electron chi connectivity index (χ1n) is 13.7. The molecule has 1 amide bonds. The van der Waals surface area contributed by atoms with Crippen LogP contribution in [0.5, 0.6) is 11.5 Å². The van der Waals surface area contributed by atoms with Crippen LogP contribution < -0.4 is 14.8 Å². The Balaban J connectivity index is 0.000000293. The molecular weight excluding hydrogens is 490 g/mol. The lowest BCUT2D eigenvalue weighted by Gasteiger charge is -2.32. The fraction of sp³-hybridized carbons (Fsp3) is 0.406. The van der Waals surface area contributed by atoms with Gasteiger partial charge in [-0.3, -0.25) is 19.5 Å². The lowest BCUT2D eigenvalue weighted by Crippen LogP contribution is -2.44. The molecule has 1 saturated heterocycles. The van der Waals surface area contributed by atoms with E-state index in [1.165, 1.54) is 11.1 Å². The van der Waals surface area contributed by atoms with Crippen LogP contribution in [0.3, 0.4) is 0 Å². The Labute approximate surface area is 232 Å². The molecule has 1 aromatic heterocycles. The standard InChI is InChI=1S/C22H29N3O2.C10H12O2/c1-4-27-21-12-18(6-5-17(21)3)15-25-9-7-20(8-10-25)24-22(26)19-11-16(2)13-23-14-19;1-3-12-10-6-8(2)4-5-9(10)7-11/h5-6,11-14,20H,4,7-10,15H2,1-3H3,(H,24,26);4-7H,3H2,1-2H3. The topological polar surface area (TPSA) is 80.8 Å². The van der Waals surface area contributed by atoms with Crippen molar-refractivity contribution in [3.63, 3.8) is 0 Å². The van der Waals surface area contributed by atoms with Crippen LogP contribution >= 0.6 is 0 Å². The summed E-state index contributed by atoms with van der Waals surface area (Å²) in [4.78, 5) is 29.5. The molecule has 2 heterocycles. The number of carbonyl (C=O) groups excluding carboxylic acids is 2. The van der Waals surface area contributed by atoms with Crippen molar-refractivity contribution in [3.8, 4) is 11.5 Å². The average molecular weight is 532 g/mol. The Bertz CT molecular complexity index is 1240. The molecule has 1 aliphatic heterocycles. The molecule has 0 aliphatic carbocycles. The first-order valence-corrected chi connectivity index (χ1v) is 13.7. The number of aldehydes is 1. The maximum atomic E-state index is 12.4. The number of pyridine rings is 1. The zero-order chi connectivity index (χ0) is 28.2. The predicted molar refractivity (Wildman–Crippen MR) is 155 cm³/mol. The summed E-state index contributed by atoms with van der Waals surface area (Å²) in [5.41, 5.74) is 5.80. The summed E-state index contributed by atoms with van der Waals surface area (Å²) >= 11 is 0. The summed E-state index contributed by atoms with van der Waals surface area (Å²) in [6.45, 7) is 14.1. The maximum Gasteiger partial charge on any atom is 0.253 e. The number of likely N-dealkylation sites (tertiary alicyclic amines) is 1. The van der Waals surface area contributed by atoms with Crippen LogP contribution in [0.2, 0.25) is 0 Å². The molecule has 1 N–H and O–H groups in total. The number of nitrogens with zero attached hydrogens (tertiary/aromatic N) is 2. The van der Waals surface area contributed by atoms with Gasteiger partial charge in [0, 0.05) is 38.1 Å². The smallest absolute Gasteiger partial charge is 0.253 e. The molecule has 208 valence electrons. The fourth-order valence-corrected chi connectivity index (χ4v) is 4.51. The summed E-state index contributed by atoms with van der Waals surface area (Å²) in [6.07, 6.45) is 6.14. The molecule has 4 rings (SSSR count). The van der Waals surface area contributed by atoms with Crippen LogP contribution in [0.25, 0.3) is 0 Å². The molecule has 0 spiro atoms. The molecule has 0 atom stereocenters. The first kappa shape index (κ1) is 29.8. The maximum absolute atomic E-state index is 12.4. The van der Waals surface area contributed by atoms with Gasteiger partial charge in [-0.25, -0.2) is 0 Å². The minimum absolute atomic E-state index is 0.0236. The summed E-state index contributed by atoms with van der Waals surface area (Å²) in [5.74, 6) is 1.63. The molecule has 1 aliphatic rings. The lowest BCUT2D eigenvalue weighted by molar-refractivity contribution is 0.0908. The molecule has 1 fully saturated rings. The van der Waals surface area contributed by atoms with Gasteiger partial charge >= 0.3 is 0 Å². The number of rotatable bonds is 9. The summed E-state index contributed by atoms with van der Waals surface area (Å²) in [7, 11) is 0. The van der Waals surface area contributed by atoms with Crippen molar-refractivity contribution < 1.29 is 19.1 Å². The van der Waals surface area contributed by atoms with Gasteiger partial charge < -0.3 is 14.8 Å². The monoisotopic (exact) mass is 531 g/mol. The number of ether oxygens (including phenoxy) is 2. The van der Waals surface area contributed by atoms with E-state index in [1.54, 1.807) is 18.5 Å². The second-order valence-electron chi connectivity index (χ2n) is 9.90. The summed E-state index contributed by atoms with van der Waals surface area (Å²) in [5, 5.41) is 3.15. The second-order valence-corrected chi connectivity index (χ2v) is 9.90. The molecule has 0 radical (unpaired) electrons. The van der Waals surface area contributed by atoms with Crippen molar-refractivity contribution in [1.82, 2.24) is 15.2 Å². The van der Waals surface area contributed by atoms with Crippen molar-refractivity contribution in [1.29, 1.82) is 0 Å². The van der Waals surface area contributed by atoms with E-state index < -0.39 is 0 Å². The summed E-state index contributed by atoms with van der Waals surface area (Å²) < 4.78 is 11.0. The van der Waals surface area contributed by atoms with E-state index in [0.29, 0.717) is 30.1 Å². The third kappa shape index (κ3) is 9.21. The molecule has 0 saturated carbocycles. The van der Waals surface area contributed by atoms with Gasteiger partial charge in [-0.1, -0.05) is 18.2 Å². The van der Waals surface area contributed by atoms with Gasteiger partial charge in [0.1, 0.15) is 11.5 Å². The minimum Gasteiger partial charge on any atom is -0.494 e. The molecule has 39 heavy (non-hydrogen) atoms. The number of carbonyl (C=O) groups is 2. The van der Waals surface area contributed by atoms with E-state index in [2.05, 4.69) is 40.3 Å². The van der Waals surface area contributed by atoms with Gasteiger partial charge in [-0.15, -0.1) is 0 Å². The van der Waals surface area contributed by atoms with Crippen molar-refractivity contribution >= 4 is 12.2 Å². The minimum atomic E-state index is -0.0236. The van der Waals surface area contributed by atoms with Gasteiger partial charge in [0.25, 0.3) is 5.91 Å². The normalized spacial score (nSPS) is 13.7. The van der Waals surface area contributed by atoms with Crippen molar-refractivity contribution in [2.75, 3.05) is 26.3 Å². The highest BCUT2D eigenvalue weighted by Crippen LogP contribution is 2.22. The fourth-order valence-electron chi connectivity index (χ4n) is 4.51. The van der Waals surface area contributed by atoms with Crippen LogP contribution in [0.4, 0.5) is 0 Å². The van der Waals surface area contributed by atoms with Gasteiger partial charge in [0.2, 0.25) is 0 Å². The van der Waals surface area contributed by atoms with Crippen LogP contribution in [0, 0.1) is 20.8 Å². The zero-order valence-electron chi connectivity index (χ0n) is 23.8. The largest absolute Gasteiger partial charge is 0.494 e. The predicted octanol–water partition coefficient (Wildman–Crippen LogP) is 5.70. The number of aryl methyl sites for hydroxylation is 3. The number of benzene rings is 2. The van der Waals surface area contributed by atoms with Crippen LogP contribution in [0.1, 0.15) is 69.7 Å². The third-order valence-corrected chi connectivity index (χ3v) is 6.61. The SMILES string of the molecule is CCOc1cc(C)ccc1C=O.CCOc1cc(CN2CCC(NC(=O)c3cncc(C)c3)CC2)ccc1C. The number of piperidine rings is 1. The molecule has 0 unspecified atom stereocenters. The number of amides is 1. The third-order valence-electron chi connectivity index (χ3n) is 6.61.